The molecule has 2 bridgehead atoms. The van der Waals surface area contributed by atoms with Crippen LogP contribution in [0.25, 0.3) is 11.0 Å². The molecule has 4 heterocycles. The molecule has 4 nitrogen and oxygen atoms in total. The minimum absolute atomic E-state index is 0. The highest BCUT2D eigenvalue weighted by atomic mass is 79.9. The zero-order valence-corrected chi connectivity index (χ0v) is 21.3. The number of furan rings is 1. The van der Waals surface area contributed by atoms with E-state index in [0.29, 0.717) is 12.3 Å². The normalized spacial score (nSPS) is 23.7. The Hall–Kier alpha value is -2.73. The molecular weight excluding hydrogens is 502 g/mol. The molecule has 3 saturated heterocycles. The SMILES string of the molecule is O=C(C[N+]12CCC(C(O)(c3ccccc3)c3ccccc3)(CC1)CC2)c1cc2ccccc2o1.[Br-]. The van der Waals surface area contributed by atoms with E-state index in [4.69, 9.17) is 4.42 Å². The van der Waals surface area contributed by atoms with Crippen LogP contribution >= 0.6 is 0 Å². The minimum atomic E-state index is -1.05. The molecule has 3 fully saturated rings. The molecule has 0 unspecified atom stereocenters. The van der Waals surface area contributed by atoms with E-state index >= 15 is 0 Å². The minimum Gasteiger partial charge on any atom is -1.00 e. The number of nitrogens with zero attached hydrogens (tertiary/aromatic N) is 1. The van der Waals surface area contributed by atoms with Crippen molar-refractivity contribution >= 4 is 16.8 Å². The highest BCUT2D eigenvalue weighted by Crippen LogP contribution is 2.57. The van der Waals surface area contributed by atoms with E-state index in [0.717, 1.165) is 65.5 Å². The van der Waals surface area contributed by atoms with E-state index in [2.05, 4.69) is 24.3 Å². The van der Waals surface area contributed by atoms with E-state index in [9.17, 15) is 9.90 Å². The van der Waals surface area contributed by atoms with Gasteiger partial charge in [-0.2, -0.15) is 0 Å². The standard InChI is InChI=1S/C30H30NO3.BrH/c32-26(28-21-23-9-7-8-14-27(23)34-28)22-31-18-15-29(16-19-31,17-20-31)30(33,24-10-3-1-4-11-24)25-12-5-2-6-13-25;/h1-14,21,33H,15-20,22H2;1H/q+1;/p-1. The number of carbonyl (C=O) groups excluding carboxylic acids is 1. The predicted molar refractivity (Wildman–Crippen MR) is 132 cm³/mol. The van der Waals surface area contributed by atoms with Crippen molar-refractivity contribution in [3.8, 4) is 0 Å². The molecule has 5 heteroatoms. The Morgan fingerprint density at radius 2 is 1.34 bits per heavy atom. The van der Waals surface area contributed by atoms with Gasteiger partial charge in [-0.25, -0.2) is 0 Å². The summed E-state index contributed by atoms with van der Waals surface area (Å²) in [5, 5.41) is 13.5. The lowest BCUT2D eigenvalue weighted by molar-refractivity contribution is -0.938. The third-order valence-corrected chi connectivity index (χ3v) is 8.52. The zero-order valence-electron chi connectivity index (χ0n) is 19.7. The van der Waals surface area contributed by atoms with E-state index in [1.54, 1.807) is 0 Å². The van der Waals surface area contributed by atoms with E-state index in [1.165, 1.54) is 0 Å². The lowest BCUT2D eigenvalue weighted by Crippen LogP contribution is -3.00. The maximum atomic E-state index is 13.2. The van der Waals surface area contributed by atoms with Crippen LogP contribution in [0.3, 0.4) is 0 Å². The second-order valence-electron chi connectivity index (χ2n) is 10.2. The largest absolute Gasteiger partial charge is 1.00 e. The fourth-order valence-corrected chi connectivity index (χ4v) is 6.48. The Kier molecular flexibility index (Phi) is 6.20. The summed E-state index contributed by atoms with van der Waals surface area (Å²) in [5.74, 6) is 0.535. The van der Waals surface area contributed by atoms with Crippen LogP contribution in [0.1, 0.15) is 40.9 Å². The Morgan fingerprint density at radius 1 is 0.829 bits per heavy atom. The van der Waals surface area contributed by atoms with Crippen molar-refractivity contribution in [2.45, 2.75) is 24.9 Å². The monoisotopic (exact) mass is 531 g/mol. The molecule has 1 N–H and O–H groups in total. The molecule has 3 aromatic carbocycles. The van der Waals surface area contributed by atoms with Crippen molar-refractivity contribution in [3.05, 3.63) is 108 Å². The van der Waals surface area contributed by atoms with Crippen LogP contribution in [-0.4, -0.2) is 41.6 Å². The van der Waals surface area contributed by atoms with Crippen molar-refractivity contribution in [3.63, 3.8) is 0 Å². The number of ketones is 1. The van der Waals surface area contributed by atoms with Crippen molar-refractivity contribution in [1.29, 1.82) is 0 Å². The smallest absolute Gasteiger partial charge is 0.251 e. The molecule has 0 spiro atoms. The molecule has 0 amide bonds. The van der Waals surface area contributed by atoms with Crippen LogP contribution in [0, 0.1) is 5.41 Å². The first-order chi connectivity index (χ1) is 16.5. The number of rotatable bonds is 6. The molecule has 7 rings (SSSR count). The number of para-hydroxylation sites is 1. The maximum absolute atomic E-state index is 13.2. The average molecular weight is 532 g/mol. The summed E-state index contributed by atoms with van der Waals surface area (Å²) in [7, 11) is 0. The van der Waals surface area contributed by atoms with Gasteiger partial charge in [0.15, 0.2) is 5.76 Å². The number of hydrogen-bond donors (Lipinski definition) is 1. The van der Waals surface area contributed by atoms with Gasteiger partial charge in [-0.3, -0.25) is 4.79 Å². The third kappa shape index (κ3) is 3.86. The predicted octanol–water partition coefficient (Wildman–Crippen LogP) is 2.56. The van der Waals surface area contributed by atoms with Gasteiger partial charge in [0.05, 0.1) is 19.6 Å². The van der Waals surface area contributed by atoms with Gasteiger partial charge >= 0.3 is 0 Å². The zero-order chi connectivity index (χ0) is 23.2. The summed E-state index contributed by atoms with van der Waals surface area (Å²) in [6.45, 7) is 3.15. The van der Waals surface area contributed by atoms with Crippen molar-refractivity contribution in [2.24, 2.45) is 5.41 Å². The molecule has 0 saturated carbocycles. The van der Waals surface area contributed by atoms with Crippen LogP contribution in [0.5, 0.6) is 0 Å². The van der Waals surface area contributed by atoms with Gasteiger partial charge in [-0.05, 0) is 23.3 Å². The number of carbonyl (C=O) groups is 1. The fraction of sp³-hybridized carbons (Fsp3) is 0.300. The molecule has 3 aliphatic heterocycles. The van der Waals surface area contributed by atoms with Crippen LogP contribution in [0.15, 0.2) is 95.4 Å². The summed E-state index contributed by atoms with van der Waals surface area (Å²) in [6.07, 6.45) is 2.67. The van der Waals surface area contributed by atoms with E-state index in [-0.39, 0.29) is 28.2 Å². The highest BCUT2D eigenvalue weighted by Gasteiger charge is 2.60. The van der Waals surface area contributed by atoms with Crippen LogP contribution in [-0.2, 0) is 5.60 Å². The molecular formula is C30H30BrNO3. The Bertz CT molecular complexity index is 1230. The molecule has 0 atom stereocenters. The van der Waals surface area contributed by atoms with Crippen molar-refractivity contribution in [1.82, 2.24) is 0 Å². The highest BCUT2D eigenvalue weighted by molar-refractivity contribution is 5.98. The first-order valence-electron chi connectivity index (χ1n) is 12.2. The Morgan fingerprint density at radius 3 is 1.89 bits per heavy atom. The Balaban J connectivity index is 0.00000253. The molecule has 0 aliphatic carbocycles. The van der Waals surface area contributed by atoms with E-state index in [1.807, 2.05) is 66.7 Å². The first kappa shape index (κ1) is 24.0. The molecule has 4 aromatic rings. The summed E-state index contributed by atoms with van der Waals surface area (Å²) < 4.78 is 6.65. The summed E-state index contributed by atoms with van der Waals surface area (Å²) in [5.41, 5.74) is 1.40. The number of hydrogen-bond acceptors (Lipinski definition) is 3. The lowest BCUT2D eigenvalue weighted by Gasteiger charge is -2.59. The summed E-state index contributed by atoms with van der Waals surface area (Å²) in [6, 6.07) is 29.9. The van der Waals surface area contributed by atoms with Gasteiger partial charge in [0.25, 0.3) is 5.78 Å². The number of piperidine rings is 3. The summed E-state index contributed by atoms with van der Waals surface area (Å²) >= 11 is 0. The number of quaternary nitrogens is 1. The van der Waals surface area contributed by atoms with Gasteiger partial charge in [0.2, 0.25) is 0 Å². The second-order valence-corrected chi connectivity index (χ2v) is 10.2. The Labute approximate surface area is 216 Å². The van der Waals surface area contributed by atoms with Crippen molar-refractivity contribution < 1.29 is 35.8 Å². The quantitative estimate of drug-likeness (QED) is 0.307. The number of aliphatic hydroxyl groups is 1. The van der Waals surface area contributed by atoms with Crippen LogP contribution in [0.4, 0.5) is 0 Å². The number of benzene rings is 3. The average Bonchev–Trinajstić information content (AvgIpc) is 3.35. The molecule has 1 aromatic heterocycles. The maximum Gasteiger partial charge on any atom is 0.251 e. The lowest BCUT2D eigenvalue weighted by atomic mass is 9.56. The third-order valence-electron chi connectivity index (χ3n) is 8.52. The van der Waals surface area contributed by atoms with Gasteiger partial charge in [-0.1, -0.05) is 78.9 Å². The van der Waals surface area contributed by atoms with Gasteiger partial charge in [-0.15, -0.1) is 0 Å². The van der Waals surface area contributed by atoms with Gasteiger partial charge < -0.3 is 31.0 Å². The van der Waals surface area contributed by atoms with E-state index < -0.39 is 5.60 Å². The number of Topliss-reactive ketones (excluding diaryl/α,β-unsaturated/α-hetero) is 1. The fourth-order valence-electron chi connectivity index (χ4n) is 6.48. The van der Waals surface area contributed by atoms with Crippen LogP contribution in [0.2, 0.25) is 0 Å². The second kappa shape index (κ2) is 9.05. The van der Waals surface area contributed by atoms with Gasteiger partial charge in [0, 0.05) is 30.1 Å². The molecule has 0 radical (unpaired) electrons. The number of fused-ring (bicyclic) bond motifs is 4. The van der Waals surface area contributed by atoms with Crippen molar-refractivity contribution in [2.75, 3.05) is 26.2 Å². The van der Waals surface area contributed by atoms with Crippen LogP contribution < -0.4 is 17.0 Å². The topological polar surface area (TPSA) is 50.4 Å². The summed E-state index contributed by atoms with van der Waals surface area (Å²) in [4.78, 5) is 13.2. The molecule has 3 aliphatic rings. The molecule has 35 heavy (non-hydrogen) atoms. The molecule has 180 valence electrons. The first-order valence-corrected chi connectivity index (χ1v) is 12.2. The van der Waals surface area contributed by atoms with Gasteiger partial charge in [0.1, 0.15) is 17.7 Å². The number of halogens is 1.